The molecule has 0 unspecified atom stereocenters. The van der Waals surface area contributed by atoms with E-state index in [0.29, 0.717) is 6.42 Å². The average Bonchev–Trinajstić information content (AvgIpc) is 3.23. The van der Waals surface area contributed by atoms with E-state index in [9.17, 15) is 4.79 Å². The van der Waals surface area contributed by atoms with Crippen LogP contribution in [-0.4, -0.2) is 42.5 Å². The van der Waals surface area contributed by atoms with E-state index in [1.165, 1.54) is 6.33 Å². The number of rotatable bonds is 5. The maximum atomic E-state index is 12.4. The number of carbonyl (C=O) groups excluding carboxylic acids is 1. The summed E-state index contributed by atoms with van der Waals surface area (Å²) in [5, 5.41) is 24.1. The van der Waals surface area contributed by atoms with E-state index in [-0.39, 0.29) is 12.1 Å². The fraction of sp³-hybridized carbons (Fsp3) is 0.353. The lowest BCUT2D eigenvalue weighted by molar-refractivity contribution is 0.249. The Morgan fingerprint density at radius 1 is 1.27 bits per heavy atom. The quantitative estimate of drug-likeness (QED) is 0.649. The number of benzene rings is 1. The summed E-state index contributed by atoms with van der Waals surface area (Å²) in [6.07, 6.45) is 2.17. The molecule has 1 aromatic carbocycles. The third-order valence-corrected chi connectivity index (χ3v) is 4.17. The third-order valence-electron chi connectivity index (χ3n) is 4.17. The number of nitrogens with zero attached hydrogens (tertiary/aromatic N) is 5. The molecule has 2 heterocycles. The summed E-state index contributed by atoms with van der Waals surface area (Å²) in [7, 11) is 0. The van der Waals surface area contributed by atoms with Crippen LogP contribution in [0, 0.1) is 20.8 Å². The number of aryl methyl sites for hydroxylation is 2. The van der Waals surface area contributed by atoms with Crippen LogP contribution in [0.1, 0.15) is 29.4 Å². The summed E-state index contributed by atoms with van der Waals surface area (Å²) >= 11 is 0. The zero-order valence-electron chi connectivity index (χ0n) is 15.2. The first-order valence-corrected chi connectivity index (χ1v) is 8.35. The summed E-state index contributed by atoms with van der Waals surface area (Å²) < 4.78 is 1.55. The fourth-order valence-corrected chi connectivity index (χ4v) is 2.71. The highest BCUT2D eigenvalue weighted by molar-refractivity contribution is 5.90. The maximum Gasteiger partial charge on any atom is 0.319 e. The Bertz CT molecular complexity index is 900. The molecule has 0 saturated carbocycles. The van der Waals surface area contributed by atoms with Gasteiger partial charge in [-0.3, -0.25) is 5.10 Å². The monoisotopic (exact) mass is 354 g/mol. The molecule has 2 amide bonds. The van der Waals surface area contributed by atoms with Crippen LogP contribution < -0.4 is 10.6 Å². The number of H-pyrrole nitrogens is 1. The van der Waals surface area contributed by atoms with Crippen molar-refractivity contribution < 1.29 is 4.79 Å². The Morgan fingerprint density at radius 3 is 2.73 bits per heavy atom. The van der Waals surface area contributed by atoms with E-state index in [2.05, 4.69) is 36.4 Å². The van der Waals surface area contributed by atoms with Crippen LogP contribution in [0.3, 0.4) is 0 Å². The number of tetrazole rings is 1. The van der Waals surface area contributed by atoms with Crippen molar-refractivity contribution in [1.29, 1.82) is 0 Å². The SMILES string of the molecule is Cc1cc(C[C@H](C)NC(=O)Nc2cc(-n3cnnn3)cc(C)c2C)n[nH]1. The minimum absolute atomic E-state index is 0.0539. The van der Waals surface area contributed by atoms with Crippen molar-refractivity contribution in [1.82, 2.24) is 35.7 Å². The zero-order valence-corrected chi connectivity index (χ0v) is 15.2. The number of hydrogen-bond acceptors (Lipinski definition) is 5. The van der Waals surface area contributed by atoms with Gasteiger partial charge in [-0.2, -0.15) is 5.10 Å². The highest BCUT2D eigenvalue weighted by atomic mass is 16.2. The van der Waals surface area contributed by atoms with Gasteiger partial charge < -0.3 is 10.6 Å². The molecule has 26 heavy (non-hydrogen) atoms. The van der Waals surface area contributed by atoms with E-state index in [1.807, 2.05) is 45.9 Å². The Balaban J connectivity index is 1.68. The van der Waals surface area contributed by atoms with Crippen LogP contribution in [-0.2, 0) is 6.42 Å². The van der Waals surface area contributed by atoms with Gasteiger partial charge >= 0.3 is 6.03 Å². The molecule has 0 radical (unpaired) electrons. The summed E-state index contributed by atoms with van der Waals surface area (Å²) in [5.74, 6) is 0. The van der Waals surface area contributed by atoms with Crippen LogP contribution in [0.4, 0.5) is 10.5 Å². The van der Waals surface area contributed by atoms with Crippen molar-refractivity contribution in [2.45, 2.75) is 40.2 Å². The number of amides is 2. The van der Waals surface area contributed by atoms with Crippen LogP contribution in [0.25, 0.3) is 5.69 Å². The fourth-order valence-electron chi connectivity index (χ4n) is 2.71. The van der Waals surface area contributed by atoms with E-state index < -0.39 is 0 Å². The molecule has 0 saturated heterocycles. The molecule has 0 aliphatic carbocycles. The van der Waals surface area contributed by atoms with Gasteiger partial charge in [-0.05, 0) is 67.4 Å². The van der Waals surface area contributed by atoms with E-state index in [0.717, 1.165) is 33.9 Å². The minimum atomic E-state index is -0.263. The average molecular weight is 354 g/mol. The smallest absolute Gasteiger partial charge is 0.319 e. The predicted octanol–water partition coefficient (Wildman–Crippen LogP) is 2.06. The van der Waals surface area contributed by atoms with Crippen molar-refractivity contribution in [2.24, 2.45) is 0 Å². The van der Waals surface area contributed by atoms with E-state index in [4.69, 9.17) is 0 Å². The lowest BCUT2D eigenvalue weighted by atomic mass is 10.1. The van der Waals surface area contributed by atoms with Gasteiger partial charge in [0.2, 0.25) is 0 Å². The maximum absolute atomic E-state index is 12.4. The van der Waals surface area contributed by atoms with Crippen molar-refractivity contribution in [3.05, 3.63) is 47.0 Å². The first kappa shape index (κ1) is 17.6. The first-order chi connectivity index (χ1) is 12.4. The molecule has 0 aliphatic rings. The van der Waals surface area contributed by atoms with Crippen molar-refractivity contribution >= 4 is 11.7 Å². The number of carbonyl (C=O) groups is 1. The Kier molecular flexibility index (Phi) is 4.97. The normalized spacial score (nSPS) is 12.0. The minimum Gasteiger partial charge on any atom is -0.335 e. The van der Waals surface area contributed by atoms with Gasteiger partial charge in [0.15, 0.2) is 0 Å². The van der Waals surface area contributed by atoms with Crippen LogP contribution in [0.2, 0.25) is 0 Å². The highest BCUT2D eigenvalue weighted by Gasteiger charge is 2.13. The molecule has 9 heteroatoms. The van der Waals surface area contributed by atoms with Crippen molar-refractivity contribution in [3.63, 3.8) is 0 Å². The molecule has 3 rings (SSSR count). The highest BCUT2D eigenvalue weighted by Crippen LogP contribution is 2.23. The van der Waals surface area contributed by atoms with Gasteiger partial charge in [0.05, 0.1) is 11.4 Å². The Morgan fingerprint density at radius 2 is 2.08 bits per heavy atom. The Labute approximate surface area is 151 Å². The number of aromatic nitrogens is 6. The molecule has 0 aliphatic heterocycles. The molecule has 0 spiro atoms. The molecule has 3 N–H and O–H groups in total. The number of nitrogens with one attached hydrogen (secondary N) is 3. The van der Waals surface area contributed by atoms with Gasteiger partial charge in [0.25, 0.3) is 0 Å². The molecule has 1 atom stereocenters. The third kappa shape index (κ3) is 4.05. The predicted molar refractivity (Wildman–Crippen MR) is 97.3 cm³/mol. The number of hydrogen-bond donors (Lipinski definition) is 3. The molecule has 0 bridgehead atoms. The summed E-state index contributed by atoms with van der Waals surface area (Å²) in [5.41, 5.74) is 5.45. The molecule has 2 aromatic heterocycles. The van der Waals surface area contributed by atoms with E-state index in [1.54, 1.807) is 4.68 Å². The first-order valence-electron chi connectivity index (χ1n) is 8.35. The Hall–Kier alpha value is -3.23. The zero-order chi connectivity index (χ0) is 18.7. The number of urea groups is 1. The second kappa shape index (κ2) is 7.34. The van der Waals surface area contributed by atoms with Gasteiger partial charge in [-0.15, -0.1) is 5.10 Å². The van der Waals surface area contributed by atoms with Gasteiger partial charge in [0, 0.05) is 23.8 Å². The van der Waals surface area contributed by atoms with Gasteiger partial charge in [-0.1, -0.05) is 0 Å². The molecule has 3 aromatic rings. The van der Waals surface area contributed by atoms with Crippen molar-refractivity contribution in [2.75, 3.05) is 5.32 Å². The largest absolute Gasteiger partial charge is 0.335 e. The van der Waals surface area contributed by atoms with Crippen LogP contribution in [0.15, 0.2) is 24.5 Å². The molecule has 136 valence electrons. The second-order valence-corrected chi connectivity index (χ2v) is 6.44. The molecular formula is C17H22N8O. The van der Waals surface area contributed by atoms with Crippen molar-refractivity contribution in [3.8, 4) is 5.69 Å². The standard InChI is InChI=1S/C17H22N8O/c1-10-5-15(25-9-18-23-24-25)8-16(13(10)4)20-17(26)19-11(2)6-14-7-12(3)21-22-14/h5,7-9,11H,6H2,1-4H3,(H,21,22)(H2,19,20,26)/t11-/m0/s1. The number of anilines is 1. The topological polar surface area (TPSA) is 113 Å². The molecule has 9 nitrogen and oxygen atoms in total. The summed E-state index contributed by atoms with van der Waals surface area (Å²) in [6.45, 7) is 7.84. The summed E-state index contributed by atoms with van der Waals surface area (Å²) in [6, 6.07) is 5.47. The second-order valence-electron chi connectivity index (χ2n) is 6.44. The lowest BCUT2D eigenvalue weighted by Crippen LogP contribution is -2.37. The number of aromatic amines is 1. The lowest BCUT2D eigenvalue weighted by Gasteiger charge is -2.16. The van der Waals surface area contributed by atoms with Gasteiger partial charge in [-0.25, -0.2) is 9.48 Å². The molecule has 0 fully saturated rings. The van der Waals surface area contributed by atoms with E-state index >= 15 is 0 Å². The summed E-state index contributed by atoms with van der Waals surface area (Å²) in [4.78, 5) is 12.4. The van der Waals surface area contributed by atoms with Crippen LogP contribution >= 0.6 is 0 Å². The van der Waals surface area contributed by atoms with Gasteiger partial charge in [0.1, 0.15) is 6.33 Å². The molecular weight excluding hydrogens is 332 g/mol. The van der Waals surface area contributed by atoms with Crippen LogP contribution in [0.5, 0.6) is 0 Å².